The molecule has 1 aromatic heterocycles. The van der Waals surface area contributed by atoms with E-state index in [1.807, 2.05) is 0 Å². The van der Waals surface area contributed by atoms with Crippen LogP contribution in [0.1, 0.15) is 36.0 Å². The molecule has 4 heteroatoms. The van der Waals surface area contributed by atoms with Crippen LogP contribution >= 0.6 is 12.2 Å². The number of aromatic nitrogens is 1. The van der Waals surface area contributed by atoms with Crippen molar-refractivity contribution in [3.05, 3.63) is 28.5 Å². The molecule has 1 aromatic rings. The molecule has 1 fully saturated rings. The van der Waals surface area contributed by atoms with Gasteiger partial charge in [0.25, 0.3) is 5.91 Å². The minimum Gasteiger partial charge on any atom is -0.352 e. The molecule has 2 N–H and O–H groups in total. The lowest BCUT2D eigenvalue weighted by Crippen LogP contribution is -2.32. The molecular formula is C11H14N2OS. The molecule has 0 saturated heterocycles. The molecule has 1 heterocycles. The van der Waals surface area contributed by atoms with E-state index >= 15 is 0 Å². The van der Waals surface area contributed by atoms with E-state index in [2.05, 4.69) is 10.3 Å². The van der Waals surface area contributed by atoms with Gasteiger partial charge >= 0.3 is 0 Å². The highest BCUT2D eigenvalue weighted by Crippen LogP contribution is 2.18. The summed E-state index contributed by atoms with van der Waals surface area (Å²) in [5.41, 5.74) is 0.569. The Balaban J connectivity index is 2.07. The summed E-state index contributed by atoms with van der Waals surface area (Å²) in [6, 6.07) is 3.88. The van der Waals surface area contributed by atoms with E-state index in [9.17, 15) is 4.79 Å². The van der Waals surface area contributed by atoms with Gasteiger partial charge in [0.15, 0.2) is 0 Å². The van der Waals surface area contributed by atoms with Gasteiger partial charge in [-0.2, -0.15) is 0 Å². The van der Waals surface area contributed by atoms with Crippen LogP contribution in [0, 0.1) is 4.64 Å². The molecule has 2 rings (SSSR count). The van der Waals surface area contributed by atoms with Crippen LogP contribution in [-0.2, 0) is 0 Å². The van der Waals surface area contributed by atoms with Gasteiger partial charge in [0.1, 0.15) is 4.64 Å². The van der Waals surface area contributed by atoms with E-state index in [0.717, 1.165) is 12.8 Å². The minimum atomic E-state index is -0.0521. The maximum atomic E-state index is 11.8. The Hall–Kier alpha value is -1.16. The van der Waals surface area contributed by atoms with Crippen LogP contribution in [0.4, 0.5) is 0 Å². The number of nitrogens with one attached hydrogen (secondary N) is 2. The summed E-state index contributed by atoms with van der Waals surface area (Å²) in [5, 5.41) is 3.01. The molecule has 1 aliphatic rings. The third kappa shape index (κ3) is 2.45. The lowest BCUT2D eigenvalue weighted by atomic mass is 10.2. The van der Waals surface area contributed by atoms with Crippen LogP contribution < -0.4 is 5.32 Å². The number of amides is 1. The second kappa shape index (κ2) is 4.57. The largest absolute Gasteiger partial charge is 0.352 e. The number of hydrogen-bond donors (Lipinski definition) is 2. The van der Waals surface area contributed by atoms with E-state index in [4.69, 9.17) is 12.2 Å². The van der Waals surface area contributed by atoms with Crippen LogP contribution in [0.25, 0.3) is 0 Å². The molecule has 0 atom stereocenters. The van der Waals surface area contributed by atoms with Gasteiger partial charge in [-0.1, -0.05) is 25.1 Å². The van der Waals surface area contributed by atoms with Crippen LogP contribution in [0.15, 0.2) is 18.3 Å². The van der Waals surface area contributed by atoms with Gasteiger partial charge in [0, 0.05) is 12.2 Å². The number of carbonyl (C=O) groups is 1. The van der Waals surface area contributed by atoms with Crippen molar-refractivity contribution in [1.82, 2.24) is 10.3 Å². The first-order valence-electron chi connectivity index (χ1n) is 5.26. The molecule has 0 spiro atoms. The Morgan fingerprint density at radius 1 is 1.47 bits per heavy atom. The molecule has 0 unspecified atom stereocenters. The quantitative estimate of drug-likeness (QED) is 0.755. The summed E-state index contributed by atoms with van der Waals surface area (Å²) in [7, 11) is 0. The number of pyridine rings is 1. The number of carbonyl (C=O) groups excluding carboxylic acids is 1. The summed E-state index contributed by atoms with van der Waals surface area (Å²) in [6.45, 7) is 0. The highest BCUT2D eigenvalue weighted by atomic mass is 32.1. The third-order valence-electron chi connectivity index (χ3n) is 2.75. The van der Waals surface area contributed by atoms with E-state index in [-0.39, 0.29) is 5.91 Å². The van der Waals surface area contributed by atoms with Gasteiger partial charge < -0.3 is 10.3 Å². The highest BCUT2D eigenvalue weighted by Gasteiger charge is 2.18. The first kappa shape index (κ1) is 10.4. The summed E-state index contributed by atoms with van der Waals surface area (Å²) in [6.07, 6.45) is 6.35. The molecular weight excluding hydrogens is 208 g/mol. The molecule has 0 bridgehead atoms. The molecule has 1 saturated carbocycles. The van der Waals surface area contributed by atoms with Crippen molar-refractivity contribution in [1.29, 1.82) is 0 Å². The Kier molecular flexibility index (Phi) is 3.16. The summed E-state index contributed by atoms with van der Waals surface area (Å²) < 4.78 is 0.507. The monoisotopic (exact) mass is 222 g/mol. The zero-order chi connectivity index (χ0) is 10.7. The minimum absolute atomic E-state index is 0.0521. The highest BCUT2D eigenvalue weighted by molar-refractivity contribution is 7.71. The van der Waals surface area contributed by atoms with Crippen LogP contribution in [0.3, 0.4) is 0 Å². The Labute approximate surface area is 93.9 Å². The van der Waals surface area contributed by atoms with Gasteiger partial charge in [0.2, 0.25) is 0 Å². The predicted molar refractivity (Wildman–Crippen MR) is 61.3 cm³/mol. The second-order valence-electron chi connectivity index (χ2n) is 3.87. The van der Waals surface area contributed by atoms with Crippen molar-refractivity contribution in [3.63, 3.8) is 0 Å². The van der Waals surface area contributed by atoms with Crippen molar-refractivity contribution in [2.75, 3.05) is 0 Å². The summed E-state index contributed by atoms with van der Waals surface area (Å²) in [5.74, 6) is -0.0521. The zero-order valence-corrected chi connectivity index (χ0v) is 9.27. The van der Waals surface area contributed by atoms with Gasteiger partial charge in [-0.3, -0.25) is 4.79 Å². The lowest BCUT2D eigenvalue weighted by Gasteiger charge is -2.11. The average Bonchev–Trinajstić information content (AvgIpc) is 2.71. The van der Waals surface area contributed by atoms with E-state index in [1.54, 1.807) is 18.3 Å². The molecule has 3 nitrogen and oxygen atoms in total. The SMILES string of the molecule is O=C(NC1CCCC1)c1ccc[nH]c1=S. The number of rotatable bonds is 2. The maximum absolute atomic E-state index is 11.8. The van der Waals surface area contributed by atoms with Crippen molar-refractivity contribution in [3.8, 4) is 0 Å². The van der Waals surface area contributed by atoms with Crippen LogP contribution in [-0.4, -0.2) is 16.9 Å². The fraction of sp³-hybridized carbons (Fsp3) is 0.455. The topological polar surface area (TPSA) is 44.9 Å². The van der Waals surface area contributed by atoms with E-state index < -0.39 is 0 Å². The van der Waals surface area contributed by atoms with Crippen LogP contribution in [0.5, 0.6) is 0 Å². The molecule has 15 heavy (non-hydrogen) atoms. The standard InChI is InChI=1S/C11H14N2OS/c14-10(13-8-4-1-2-5-8)9-6-3-7-12-11(9)15/h3,6-8H,1-2,4-5H2,(H,12,15)(H,13,14). The molecule has 0 aliphatic heterocycles. The second-order valence-corrected chi connectivity index (χ2v) is 4.28. The molecule has 0 aromatic carbocycles. The first-order valence-corrected chi connectivity index (χ1v) is 5.67. The van der Waals surface area contributed by atoms with Gasteiger partial charge in [-0.05, 0) is 25.0 Å². The lowest BCUT2D eigenvalue weighted by molar-refractivity contribution is 0.0937. The summed E-state index contributed by atoms with van der Waals surface area (Å²) in [4.78, 5) is 14.7. The number of aromatic amines is 1. The van der Waals surface area contributed by atoms with Crippen molar-refractivity contribution in [2.45, 2.75) is 31.7 Å². The summed E-state index contributed by atoms with van der Waals surface area (Å²) >= 11 is 5.05. The molecule has 1 amide bonds. The molecule has 0 radical (unpaired) electrons. The normalized spacial score (nSPS) is 16.5. The number of H-pyrrole nitrogens is 1. The average molecular weight is 222 g/mol. The fourth-order valence-corrected chi connectivity index (χ4v) is 2.16. The Morgan fingerprint density at radius 2 is 2.20 bits per heavy atom. The smallest absolute Gasteiger partial charge is 0.254 e. The first-order chi connectivity index (χ1) is 7.27. The van der Waals surface area contributed by atoms with Crippen molar-refractivity contribution >= 4 is 18.1 Å². The third-order valence-corrected chi connectivity index (χ3v) is 3.09. The maximum Gasteiger partial charge on any atom is 0.254 e. The molecule has 80 valence electrons. The van der Waals surface area contributed by atoms with Gasteiger partial charge in [0.05, 0.1) is 5.56 Å². The van der Waals surface area contributed by atoms with Gasteiger partial charge in [-0.25, -0.2) is 0 Å². The van der Waals surface area contributed by atoms with Crippen molar-refractivity contribution < 1.29 is 4.79 Å². The van der Waals surface area contributed by atoms with E-state index in [1.165, 1.54) is 12.8 Å². The molecule has 1 aliphatic carbocycles. The number of hydrogen-bond acceptors (Lipinski definition) is 2. The predicted octanol–water partition coefficient (Wildman–Crippen LogP) is 2.42. The van der Waals surface area contributed by atoms with Crippen molar-refractivity contribution in [2.24, 2.45) is 0 Å². The Bertz CT molecular complexity index is 407. The van der Waals surface area contributed by atoms with E-state index in [0.29, 0.717) is 16.2 Å². The Morgan fingerprint density at radius 3 is 2.87 bits per heavy atom. The zero-order valence-electron chi connectivity index (χ0n) is 8.45. The van der Waals surface area contributed by atoms with Gasteiger partial charge in [-0.15, -0.1) is 0 Å². The van der Waals surface area contributed by atoms with Crippen LogP contribution in [0.2, 0.25) is 0 Å². The fourth-order valence-electron chi connectivity index (χ4n) is 1.93.